The highest BCUT2D eigenvalue weighted by atomic mass is 32.2. The van der Waals surface area contributed by atoms with Crippen LogP contribution in [0.2, 0.25) is 0 Å². The molecule has 2 aromatic carbocycles. The molecule has 1 atom stereocenters. The third-order valence-corrected chi connectivity index (χ3v) is 6.65. The molecular formula is C21H29N3O3S. The van der Waals surface area contributed by atoms with Crippen LogP contribution < -0.4 is 14.4 Å². The number of benzene rings is 2. The topological polar surface area (TPSA) is 61.9 Å². The zero-order valence-electron chi connectivity index (χ0n) is 16.8. The van der Waals surface area contributed by atoms with E-state index in [0.717, 1.165) is 37.2 Å². The van der Waals surface area contributed by atoms with E-state index in [4.69, 9.17) is 4.74 Å². The van der Waals surface area contributed by atoms with Gasteiger partial charge in [-0.05, 0) is 67.9 Å². The number of ether oxygens (including phenoxy) is 1. The number of hydrogen-bond acceptors (Lipinski definition) is 5. The molecule has 152 valence electrons. The minimum absolute atomic E-state index is 0.0201. The highest BCUT2D eigenvalue weighted by Crippen LogP contribution is 2.27. The first kappa shape index (κ1) is 20.6. The van der Waals surface area contributed by atoms with Gasteiger partial charge in [-0.3, -0.25) is 4.90 Å². The molecule has 1 fully saturated rings. The van der Waals surface area contributed by atoms with Crippen LogP contribution in [0, 0.1) is 0 Å². The predicted octanol–water partition coefficient (Wildman–Crippen LogP) is 2.88. The van der Waals surface area contributed by atoms with Crippen molar-refractivity contribution in [2.24, 2.45) is 0 Å². The first-order valence-electron chi connectivity index (χ1n) is 9.56. The summed E-state index contributed by atoms with van der Waals surface area (Å²) >= 11 is 0. The van der Waals surface area contributed by atoms with Crippen LogP contribution in [0.4, 0.5) is 5.69 Å². The van der Waals surface area contributed by atoms with Gasteiger partial charge in [0.25, 0.3) is 0 Å². The standard InChI is InChI=1S/C21H29N3O3S/c1-23(2)18-8-6-17(7-9-18)21(24-14-4-5-15-24)16-22-28(25,26)20-12-10-19(27-3)11-13-20/h6-13,21-22H,4-5,14-16H2,1-3H3/t21-/m0/s1. The van der Waals surface area contributed by atoms with Gasteiger partial charge in [0.1, 0.15) is 5.75 Å². The number of nitrogens with zero attached hydrogens (tertiary/aromatic N) is 2. The number of rotatable bonds is 8. The zero-order valence-corrected chi connectivity index (χ0v) is 17.6. The fourth-order valence-electron chi connectivity index (χ4n) is 3.53. The Labute approximate surface area is 168 Å². The van der Waals surface area contributed by atoms with E-state index in [0.29, 0.717) is 12.3 Å². The van der Waals surface area contributed by atoms with Gasteiger partial charge in [0.05, 0.1) is 12.0 Å². The average molecular weight is 404 g/mol. The third-order valence-electron chi connectivity index (χ3n) is 5.21. The van der Waals surface area contributed by atoms with Gasteiger partial charge in [-0.25, -0.2) is 13.1 Å². The molecule has 6 nitrogen and oxygen atoms in total. The van der Waals surface area contributed by atoms with Crippen molar-refractivity contribution >= 4 is 15.7 Å². The van der Waals surface area contributed by atoms with Gasteiger partial charge in [-0.15, -0.1) is 0 Å². The summed E-state index contributed by atoms with van der Waals surface area (Å²) < 4.78 is 33.4. The Morgan fingerprint density at radius 3 is 2.18 bits per heavy atom. The lowest BCUT2D eigenvalue weighted by atomic mass is 10.1. The first-order valence-corrected chi connectivity index (χ1v) is 11.0. The van der Waals surface area contributed by atoms with E-state index in [-0.39, 0.29) is 10.9 Å². The lowest BCUT2D eigenvalue weighted by Crippen LogP contribution is -2.36. The summed E-state index contributed by atoms with van der Waals surface area (Å²) in [7, 11) is 2.00. The van der Waals surface area contributed by atoms with Crippen molar-refractivity contribution in [1.82, 2.24) is 9.62 Å². The first-order chi connectivity index (χ1) is 13.4. The third kappa shape index (κ3) is 4.84. The van der Waals surface area contributed by atoms with Crippen LogP contribution >= 0.6 is 0 Å². The number of anilines is 1. The van der Waals surface area contributed by atoms with E-state index in [1.54, 1.807) is 31.4 Å². The van der Waals surface area contributed by atoms with Gasteiger partial charge < -0.3 is 9.64 Å². The number of methoxy groups -OCH3 is 1. The molecule has 0 saturated carbocycles. The molecule has 1 heterocycles. The van der Waals surface area contributed by atoms with Crippen LogP contribution in [0.1, 0.15) is 24.4 Å². The van der Waals surface area contributed by atoms with Crippen LogP contribution in [0.5, 0.6) is 5.75 Å². The highest BCUT2D eigenvalue weighted by molar-refractivity contribution is 7.89. The largest absolute Gasteiger partial charge is 0.497 e. The summed E-state index contributed by atoms with van der Waals surface area (Å²) in [4.78, 5) is 4.67. The maximum absolute atomic E-state index is 12.7. The lowest BCUT2D eigenvalue weighted by Gasteiger charge is -2.28. The minimum Gasteiger partial charge on any atom is -0.497 e. The van der Waals surface area contributed by atoms with Crippen LogP contribution in [0.3, 0.4) is 0 Å². The van der Waals surface area contributed by atoms with Gasteiger partial charge >= 0.3 is 0 Å². The molecule has 0 bridgehead atoms. The molecule has 0 aliphatic carbocycles. The molecule has 1 saturated heterocycles. The fraction of sp³-hybridized carbons (Fsp3) is 0.429. The number of sulfonamides is 1. The van der Waals surface area contributed by atoms with E-state index in [1.807, 2.05) is 14.1 Å². The fourth-order valence-corrected chi connectivity index (χ4v) is 4.57. The molecule has 0 radical (unpaired) electrons. The Morgan fingerprint density at radius 2 is 1.64 bits per heavy atom. The van der Waals surface area contributed by atoms with E-state index in [1.165, 1.54) is 0 Å². The maximum Gasteiger partial charge on any atom is 0.240 e. The Balaban J connectivity index is 1.77. The van der Waals surface area contributed by atoms with Gasteiger partial charge in [-0.2, -0.15) is 0 Å². The van der Waals surface area contributed by atoms with E-state index < -0.39 is 10.0 Å². The normalized spacial score (nSPS) is 16.1. The molecular weight excluding hydrogens is 374 g/mol. The molecule has 28 heavy (non-hydrogen) atoms. The quantitative estimate of drug-likeness (QED) is 0.734. The van der Waals surface area contributed by atoms with Crippen molar-refractivity contribution in [2.75, 3.05) is 45.7 Å². The second-order valence-corrected chi connectivity index (χ2v) is 9.04. The van der Waals surface area contributed by atoms with E-state index in [9.17, 15) is 8.42 Å². The van der Waals surface area contributed by atoms with Crippen molar-refractivity contribution in [1.29, 1.82) is 0 Å². The Bertz CT molecular complexity index is 859. The molecule has 0 spiro atoms. The number of likely N-dealkylation sites (tertiary alicyclic amines) is 1. The van der Waals surface area contributed by atoms with E-state index in [2.05, 4.69) is 38.8 Å². The van der Waals surface area contributed by atoms with E-state index >= 15 is 0 Å². The van der Waals surface area contributed by atoms with Crippen molar-refractivity contribution in [2.45, 2.75) is 23.8 Å². The maximum atomic E-state index is 12.7. The molecule has 1 N–H and O–H groups in total. The van der Waals surface area contributed by atoms with Gasteiger partial charge in [0, 0.05) is 32.4 Å². The molecule has 1 aliphatic rings. The molecule has 0 amide bonds. The van der Waals surface area contributed by atoms with Crippen LogP contribution in [0.25, 0.3) is 0 Å². The smallest absolute Gasteiger partial charge is 0.240 e. The lowest BCUT2D eigenvalue weighted by molar-refractivity contribution is 0.246. The molecule has 1 aliphatic heterocycles. The van der Waals surface area contributed by atoms with Crippen molar-refractivity contribution in [3.63, 3.8) is 0 Å². The SMILES string of the molecule is COc1ccc(S(=O)(=O)NC[C@@H](c2ccc(N(C)C)cc2)N2CCCC2)cc1. The minimum atomic E-state index is -3.58. The zero-order chi connectivity index (χ0) is 20.1. The van der Waals surface area contributed by atoms with Gasteiger partial charge in [-0.1, -0.05) is 12.1 Å². The average Bonchev–Trinajstić information content (AvgIpc) is 3.23. The summed E-state index contributed by atoms with van der Waals surface area (Å²) in [5.41, 5.74) is 2.26. The monoisotopic (exact) mass is 403 g/mol. The second-order valence-electron chi connectivity index (χ2n) is 7.27. The van der Waals surface area contributed by atoms with Gasteiger partial charge in [0.2, 0.25) is 10.0 Å². The Morgan fingerprint density at radius 1 is 1.04 bits per heavy atom. The van der Waals surface area contributed by atoms with Crippen LogP contribution in [0.15, 0.2) is 53.4 Å². The Hall–Kier alpha value is -2.09. The summed E-state index contributed by atoms with van der Waals surface area (Å²) in [6, 6.07) is 14.8. The molecule has 0 unspecified atom stereocenters. The Kier molecular flexibility index (Phi) is 6.59. The number of hydrogen-bond donors (Lipinski definition) is 1. The van der Waals surface area contributed by atoms with Crippen LogP contribution in [-0.4, -0.2) is 54.2 Å². The summed E-state index contributed by atoms with van der Waals surface area (Å²) in [6.07, 6.45) is 2.30. The molecule has 7 heteroatoms. The molecule has 0 aromatic heterocycles. The summed E-state index contributed by atoms with van der Waals surface area (Å²) in [5.74, 6) is 0.634. The predicted molar refractivity (Wildman–Crippen MR) is 112 cm³/mol. The van der Waals surface area contributed by atoms with Crippen molar-refractivity contribution in [3.05, 3.63) is 54.1 Å². The summed E-state index contributed by atoms with van der Waals surface area (Å²) in [6.45, 7) is 2.32. The highest BCUT2D eigenvalue weighted by Gasteiger charge is 2.25. The van der Waals surface area contributed by atoms with Crippen molar-refractivity contribution < 1.29 is 13.2 Å². The van der Waals surface area contributed by atoms with Crippen LogP contribution in [-0.2, 0) is 10.0 Å². The molecule has 2 aromatic rings. The summed E-state index contributed by atoms with van der Waals surface area (Å²) in [5, 5.41) is 0. The molecule has 3 rings (SSSR count). The van der Waals surface area contributed by atoms with Gasteiger partial charge in [0.15, 0.2) is 0 Å². The van der Waals surface area contributed by atoms with Crippen molar-refractivity contribution in [3.8, 4) is 5.75 Å². The number of nitrogens with one attached hydrogen (secondary N) is 1. The second kappa shape index (κ2) is 8.94.